The fourth-order valence-corrected chi connectivity index (χ4v) is 6.32. The summed E-state index contributed by atoms with van der Waals surface area (Å²) >= 11 is 0. The molecular formula is C40H44N4O5. The topological polar surface area (TPSA) is 115 Å². The summed E-state index contributed by atoms with van der Waals surface area (Å²) in [5.41, 5.74) is 7.98. The fraction of sp³-hybridized carbons (Fsp3) is 0.325. The van der Waals surface area contributed by atoms with Crippen molar-refractivity contribution in [2.45, 2.75) is 77.2 Å². The summed E-state index contributed by atoms with van der Waals surface area (Å²) in [6, 6.07) is 32.4. The van der Waals surface area contributed by atoms with Crippen LogP contribution in [0, 0.1) is 0 Å². The zero-order chi connectivity index (χ0) is 34.0. The van der Waals surface area contributed by atoms with Crippen molar-refractivity contribution < 1.29 is 24.2 Å². The van der Waals surface area contributed by atoms with E-state index in [0.29, 0.717) is 32.5 Å². The van der Waals surface area contributed by atoms with Gasteiger partial charge in [0.1, 0.15) is 0 Å². The van der Waals surface area contributed by atoms with Crippen molar-refractivity contribution in [3.63, 3.8) is 0 Å². The SMILES string of the molecule is CC(=O)NCCCCCC(=O)NCc1ccccc1-c1ccc([C@H]2O[C@@H](Cn3cnc4ccccc43)C[C@@H](c3ccc(CO)cc3)O2)cc1. The average molecular weight is 661 g/mol. The normalized spacial score (nSPS) is 17.6. The molecule has 1 fully saturated rings. The van der Waals surface area contributed by atoms with Crippen LogP contribution in [0.15, 0.2) is 103 Å². The van der Waals surface area contributed by atoms with Gasteiger partial charge in [0.2, 0.25) is 11.8 Å². The predicted molar refractivity (Wildman–Crippen MR) is 189 cm³/mol. The summed E-state index contributed by atoms with van der Waals surface area (Å²) in [5, 5.41) is 15.4. The van der Waals surface area contributed by atoms with Crippen molar-refractivity contribution >= 4 is 22.8 Å². The van der Waals surface area contributed by atoms with Crippen LogP contribution in [-0.2, 0) is 38.8 Å². The molecule has 3 atom stereocenters. The average Bonchev–Trinajstić information content (AvgIpc) is 3.54. The summed E-state index contributed by atoms with van der Waals surface area (Å²) in [4.78, 5) is 28.1. The number of aliphatic hydroxyl groups excluding tert-OH is 1. The first-order valence-electron chi connectivity index (χ1n) is 17.1. The molecule has 0 radical (unpaired) electrons. The number of carbonyl (C=O) groups is 2. The Morgan fingerprint density at radius 1 is 0.857 bits per heavy atom. The highest BCUT2D eigenvalue weighted by atomic mass is 16.7. The van der Waals surface area contributed by atoms with Crippen molar-refractivity contribution in [2.75, 3.05) is 6.54 Å². The molecule has 1 aliphatic rings. The lowest BCUT2D eigenvalue weighted by Gasteiger charge is -2.36. The van der Waals surface area contributed by atoms with Crippen molar-refractivity contribution in [3.05, 3.63) is 126 Å². The summed E-state index contributed by atoms with van der Waals surface area (Å²) in [6.07, 6.45) is 4.67. The van der Waals surface area contributed by atoms with Gasteiger partial charge in [0.15, 0.2) is 6.29 Å². The molecule has 0 saturated carbocycles. The van der Waals surface area contributed by atoms with Crippen LogP contribution in [-0.4, -0.2) is 39.1 Å². The standard InChI is InChI=1S/C40H44N4O5/c1-28(46)41-22-8-2-3-13-39(47)42-24-33-9-4-5-10-35(33)30-18-20-32(21-19-30)40-48-34(25-44-27-43-36-11-6-7-12-37(36)44)23-38(49-40)31-16-14-29(26-45)15-17-31/h4-7,9-12,14-21,27,34,38,40,45H,2-3,8,13,22-26H2,1H3,(H,41,46)(H,42,47)/t34-,38+,40+/m1/s1. The molecule has 0 aliphatic carbocycles. The van der Waals surface area contributed by atoms with Gasteiger partial charge in [-0.3, -0.25) is 9.59 Å². The Morgan fingerprint density at radius 3 is 2.41 bits per heavy atom. The van der Waals surface area contributed by atoms with Gasteiger partial charge in [-0.05, 0) is 52.8 Å². The zero-order valence-electron chi connectivity index (χ0n) is 27.9. The molecule has 49 heavy (non-hydrogen) atoms. The van der Waals surface area contributed by atoms with Gasteiger partial charge in [0.25, 0.3) is 0 Å². The highest BCUT2D eigenvalue weighted by Crippen LogP contribution is 2.39. The number of rotatable bonds is 14. The molecule has 1 aliphatic heterocycles. The Morgan fingerprint density at radius 2 is 1.61 bits per heavy atom. The second-order valence-electron chi connectivity index (χ2n) is 12.6. The first-order chi connectivity index (χ1) is 24.0. The van der Waals surface area contributed by atoms with Crippen LogP contribution in [0.1, 0.15) is 73.7 Å². The van der Waals surface area contributed by atoms with Crippen molar-refractivity contribution in [2.24, 2.45) is 0 Å². The molecule has 3 N–H and O–H groups in total. The first-order valence-corrected chi connectivity index (χ1v) is 17.1. The number of imidazole rings is 1. The number of hydrogen-bond acceptors (Lipinski definition) is 6. The molecule has 0 spiro atoms. The number of nitrogens with one attached hydrogen (secondary N) is 2. The fourth-order valence-electron chi connectivity index (χ4n) is 6.32. The van der Waals surface area contributed by atoms with Crippen LogP contribution in [0.25, 0.3) is 22.2 Å². The highest BCUT2D eigenvalue weighted by Gasteiger charge is 2.32. The third kappa shape index (κ3) is 9.00. The largest absolute Gasteiger partial charge is 0.392 e. The maximum atomic E-state index is 12.6. The Balaban J connectivity index is 1.13. The molecule has 0 unspecified atom stereocenters. The second-order valence-corrected chi connectivity index (χ2v) is 12.6. The van der Waals surface area contributed by atoms with Crippen LogP contribution in [0.2, 0.25) is 0 Å². The minimum Gasteiger partial charge on any atom is -0.392 e. The number of fused-ring (bicyclic) bond motifs is 1. The minimum absolute atomic E-state index is 0.00214. The van der Waals surface area contributed by atoms with Crippen LogP contribution in [0.3, 0.4) is 0 Å². The van der Waals surface area contributed by atoms with Gasteiger partial charge >= 0.3 is 0 Å². The van der Waals surface area contributed by atoms with E-state index in [1.165, 1.54) is 6.92 Å². The molecule has 2 heterocycles. The third-order valence-corrected chi connectivity index (χ3v) is 8.98. The van der Waals surface area contributed by atoms with E-state index in [4.69, 9.17) is 9.47 Å². The smallest absolute Gasteiger partial charge is 0.220 e. The van der Waals surface area contributed by atoms with Crippen molar-refractivity contribution in [3.8, 4) is 11.1 Å². The van der Waals surface area contributed by atoms with Gasteiger partial charge in [-0.1, -0.05) is 91.3 Å². The molecule has 9 heteroatoms. The maximum absolute atomic E-state index is 12.6. The molecule has 0 bridgehead atoms. The number of aromatic nitrogens is 2. The lowest BCUT2D eigenvalue weighted by molar-refractivity contribution is -0.252. The number of hydrogen-bond donors (Lipinski definition) is 3. The van der Waals surface area contributed by atoms with Gasteiger partial charge in [-0.2, -0.15) is 0 Å². The number of carbonyl (C=O) groups excluding carboxylic acids is 2. The predicted octanol–water partition coefficient (Wildman–Crippen LogP) is 6.75. The van der Waals surface area contributed by atoms with Crippen molar-refractivity contribution in [1.29, 1.82) is 0 Å². The molecule has 1 aromatic heterocycles. The molecule has 9 nitrogen and oxygen atoms in total. The lowest BCUT2D eigenvalue weighted by Crippen LogP contribution is -2.32. The van der Waals surface area contributed by atoms with Crippen LogP contribution < -0.4 is 10.6 Å². The summed E-state index contributed by atoms with van der Waals surface area (Å²) < 4.78 is 15.3. The Hall–Kier alpha value is -4.83. The molecule has 1 saturated heterocycles. The minimum atomic E-state index is -0.571. The molecule has 4 aromatic carbocycles. The highest BCUT2D eigenvalue weighted by molar-refractivity contribution is 5.77. The van der Waals surface area contributed by atoms with E-state index >= 15 is 0 Å². The van der Waals surface area contributed by atoms with Gasteiger partial charge in [0, 0.05) is 38.4 Å². The van der Waals surface area contributed by atoms with Crippen LogP contribution in [0.4, 0.5) is 0 Å². The molecular weight excluding hydrogens is 616 g/mol. The van der Waals surface area contributed by atoms with Gasteiger partial charge in [-0.15, -0.1) is 0 Å². The summed E-state index contributed by atoms with van der Waals surface area (Å²) in [5.74, 6) is -0.00358. The molecule has 5 aromatic rings. The van der Waals surface area contributed by atoms with Gasteiger partial charge in [0.05, 0.1) is 42.7 Å². The quantitative estimate of drug-likeness (QED) is 0.114. The molecule has 2 amide bonds. The zero-order valence-corrected chi connectivity index (χ0v) is 27.9. The van der Waals surface area contributed by atoms with Crippen molar-refractivity contribution in [1.82, 2.24) is 20.2 Å². The van der Waals surface area contributed by atoms with E-state index in [1.54, 1.807) is 0 Å². The monoisotopic (exact) mass is 660 g/mol. The van der Waals surface area contributed by atoms with Crippen LogP contribution >= 0.6 is 0 Å². The first kappa shape index (κ1) is 34.0. The summed E-state index contributed by atoms with van der Waals surface area (Å²) in [7, 11) is 0. The van der Waals surface area contributed by atoms with E-state index in [2.05, 4.69) is 56.6 Å². The number of nitrogens with zero attached hydrogens (tertiary/aromatic N) is 2. The van der Waals surface area contributed by atoms with E-state index in [9.17, 15) is 14.7 Å². The van der Waals surface area contributed by atoms with Gasteiger partial charge in [-0.25, -0.2) is 4.98 Å². The van der Waals surface area contributed by atoms with E-state index in [1.807, 2.05) is 67.0 Å². The number of amides is 2. The number of unbranched alkanes of at least 4 members (excludes halogenated alkanes) is 2. The lowest BCUT2D eigenvalue weighted by atomic mass is 9.97. The number of benzene rings is 4. The number of aliphatic hydroxyl groups is 1. The van der Waals surface area contributed by atoms with E-state index in [0.717, 1.165) is 63.7 Å². The Bertz CT molecular complexity index is 1840. The van der Waals surface area contributed by atoms with Gasteiger partial charge < -0.3 is 29.8 Å². The van der Waals surface area contributed by atoms with Crippen LogP contribution in [0.5, 0.6) is 0 Å². The maximum Gasteiger partial charge on any atom is 0.220 e. The molecule has 6 rings (SSSR count). The Labute approximate surface area is 287 Å². The van der Waals surface area contributed by atoms with E-state index in [-0.39, 0.29) is 30.6 Å². The number of para-hydroxylation sites is 2. The second kappa shape index (κ2) is 16.5. The third-order valence-electron chi connectivity index (χ3n) is 8.98. The number of ether oxygens (including phenoxy) is 2. The summed E-state index contributed by atoms with van der Waals surface area (Å²) in [6.45, 7) is 3.23. The van der Waals surface area contributed by atoms with E-state index < -0.39 is 6.29 Å². The Kier molecular flexibility index (Phi) is 11.5. The molecule has 254 valence electrons.